The van der Waals surface area contributed by atoms with E-state index in [1.165, 1.54) is 0 Å². The van der Waals surface area contributed by atoms with E-state index in [0.717, 1.165) is 6.42 Å². The maximum Gasteiger partial charge on any atom is 0.305 e. The molecule has 0 aliphatic heterocycles. The average Bonchev–Trinajstić information content (AvgIpc) is 2.23. The van der Waals surface area contributed by atoms with Crippen LogP contribution in [0.1, 0.15) is 32.6 Å². The quantitative estimate of drug-likeness (QED) is 0.380. The van der Waals surface area contributed by atoms with Gasteiger partial charge in [-0.25, -0.2) is 0 Å². The number of unbranched alkanes of at least 4 members (excludes halogenated alkanes) is 1. The minimum Gasteiger partial charge on any atom is -0.466 e. The molecule has 0 aromatic rings. The summed E-state index contributed by atoms with van der Waals surface area (Å²) < 4.78 is 4.76. The highest BCUT2D eigenvalue weighted by molar-refractivity contribution is 6.38. The molecule has 3 nitrogen and oxygen atoms in total. The van der Waals surface area contributed by atoms with Gasteiger partial charge in [0.05, 0.1) is 17.9 Å². The van der Waals surface area contributed by atoms with Crippen LogP contribution in [0, 0.1) is 0 Å². The van der Waals surface area contributed by atoms with E-state index in [1.807, 2.05) is 0 Å². The van der Waals surface area contributed by atoms with Crippen molar-refractivity contribution in [2.75, 3.05) is 12.5 Å². The van der Waals surface area contributed by atoms with Crippen molar-refractivity contribution in [3.63, 3.8) is 0 Å². The highest BCUT2D eigenvalue weighted by Gasteiger charge is 2.13. The van der Waals surface area contributed by atoms with Gasteiger partial charge in [-0.3, -0.25) is 9.59 Å². The number of esters is 1. The Kier molecular flexibility index (Phi) is 8.82. The summed E-state index contributed by atoms with van der Waals surface area (Å²) in [4.78, 5) is 21.9. The zero-order chi connectivity index (χ0) is 11.7. The first-order chi connectivity index (χ1) is 7.11. The Labute approximate surface area is 100 Å². The van der Waals surface area contributed by atoms with Crippen LogP contribution >= 0.6 is 23.2 Å². The van der Waals surface area contributed by atoms with Gasteiger partial charge in [0.2, 0.25) is 0 Å². The second-order valence-electron chi connectivity index (χ2n) is 3.12. The van der Waals surface area contributed by atoms with Crippen molar-refractivity contribution in [2.45, 2.75) is 38.0 Å². The molecule has 0 fully saturated rings. The molecule has 0 bridgehead atoms. The zero-order valence-electron chi connectivity index (χ0n) is 8.80. The fourth-order valence-corrected chi connectivity index (χ4v) is 1.57. The number of carbonyl (C=O) groups is 2. The lowest BCUT2D eigenvalue weighted by Crippen LogP contribution is -2.15. The molecule has 0 N–H and O–H groups in total. The predicted octanol–water partition coefficient (Wildman–Crippen LogP) is 2.53. The third kappa shape index (κ3) is 7.63. The molecule has 0 spiro atoms. The second-order valence-corrected chi connectivity index (χ2v) is 3.91. The van der Waals surface area contributed by atoms with Crippen molar-refractivity contribution in [1.82, 2.24) is 0 Å². The smallest absolute Gasteiger partial charge is 0.305 e. The minimum atomic E-state index is -0.523. The number of rotatable bonds is 8. The van der Waals surface area contributed by atoms with E-state index >= 15 is 0 Å². The lowest BCUT2D eigenvalue weighted by molar-refractivity contribution is -0.143. The number of hydrogen-bond donors (Lipinski definition) is 0. The van der Waals surface area contributed by atoms with Gasteiger partial charge in [0.15, 0.2) is 5.78 Å². The highest BCUT2D eigenvalue weighted by Crippen LogP contribution is 2.11. The summed E-state index contributed by atoms with van der Waals surface area (Å²) in [6, 6.07) is 0. The standard InChI is InChI=1S/C10H16Cl2O3/c1-2-15-10(14)6-4-3-5-8(12)9(13)7-11/h8H,2-7H2,1H3/t8-/m0/s1. The number of ketones is 1. The largest absolute Gasteiger partial charge is 0.466 e. The highest BCUT2D eigenvalue weighted by atomic mass is 35.5. The number of ether oxygens (including phenoxy) is 1. The molecule has 0 aliphatic carbocycles. The van der Waals surface area contributed by atoms with Crippen LogP contribution in [0.15, 0.2) is 0 Å². The summed E-state index contributed by atoms with van der Waals surface area (Å²) in [5, 5.41) is -0.523. The van der Waals surface area contributed by atoms with E-state index in [1.54, 1.807) is 6.92 Å². The first kappa shape index (κ1) is 14.7. The summed E-state index contributed by atoms with van der Waals surface area (Å²) in [5.41, 5.74) is 0. The third-order valence-electron chi connectivity index (χ3n) is 1.87. The Bertz CT molecular complexity index is 207. The van der Waals surface area contributed by atoms with Gasteiger partial charge in [-0.15, -0.1) is 23.2 Å². The van der Waals surface area contributed by atoms with Crippen molar-refractivity contribution < 1.29 is 14.3 Å². The maximum absolute atomic E-state index is 11.0. The minimum absolute atomic E-state index is 0.0496. The zero-order valence-corrected chi connectivity index (χ0v) is 10.3. The number of carbonyl (C=O) groups excluding carboxylic acids is 2. The molecule has 0 aromatic carbocycles. The van der Waals surface area contributed by atoms with Crippen molar-refractivity contribution >= 4 is 35.0 Å². The van der Waals surface area contributed by atoms with Crippen LogP contribution in [0.25, 0.3) is 0 Å². The summed E-state index contributed by atoms with van der Waals surface area (Å²) in [6.45, 7) is 2.17. The van der Waals surface area contributed by atoms with Crippen LogP contribution in [0.4, 0.5) is 0 Å². The summed E-state index contributed by atoms with van der Waals surface area (Å²) >= 11 is 11.1. The number of alkyl halides is 2. The fraction of sp³-hybridized carbons (Fsp3) is 0.800. The van der Waals surface area contributed by atoms with E-state index in [9.17, 15) is 9.59 Å². The molecule has 0 saturated carbocycles. The molecule has 0 amide bonds. The van der Waals surface area contributed by atoms with Crippen LogP contribution in [0.2, 0.25) is 0 Å². The van der Waals surface area contributed by atoms with Crippen LogP contribution in [0.3, 0.4) is 0 Å². The van der Waals surface area contributed by atoms with Crippen molar-refractivity contribution in [2.24, 2.45) is 0 Å². The molecule has 0 aliphatic rings. The number of halogens is 2. The first-order valence-electron chi connectivity index (χ1n) is 5.00. The molecule has 0 saturated heterocycles. The van der Waals surface area contributed by atoms with Crippen LogP contribution in [-0.4, -0.2) is 29.6 Å². The molecular weight excluding hydrogens is 239 g/mol. The van der Waals surface area contributed by atoms with Crippen molar-refractivity contribution in [1.29, 1.82) is 0 Å². The Morgan fingerprint density at radius 3 is 2.53 bits per heavy atom. The van der Waals surface area contributed by atoms with Gasteiger partial charge in [0.1, 0.15) is 0 Å². The van der Waals surface area contributed by atoms with Gasteiger partial charge in [0, 0.05) is 6.42 Å². The molecule has 0 unspecified atom stereocenters. The van der Waals surface area contributed by atoms with E-state index in [2.05, 4.69) is 0 Å². The fourth-order valence-electron chi connectivity index (χ4n) is 1.07. The summed E-state index contributed by atoms with van der Waals surface area (Å²) in [5.74, 6) is -0.409. The summed E-state index contributed by atoms with van der Waals surface area (Å²) in [7, 11) is 0. The SMILES string of the molecule is CCOC(=O)CCCC[C@H](Cl)C(=O)CCl. The van der Waals surface area contributed by atoms with Crippen LogP contribution in [-0.2, 0) is 14.3 Å². The molecule has 15 heavy (non-hydrogen) atoms. The molecule has 88 valence electrons. The lowest BCUT2D eigenvalue weighted by atomic mass is 10.1. The molecule has 0 heterocycles. The van der Waals surface area contributed by atoms with Gasteiger partial charge < -0.3 is 4.74 Å². The van der Waals surface area contributed by atoms with E-state index in [-0.39, 0.29) is 17.6 Å². The van der Waals surface area contributed by atoms with Crippen molar-refractivity contribution in [3.8, 4) is 0 Å². The number of Topliss-reactive ketones (excluding diaryl/α,β-unsaturated/α-hetero) is 1. The molecule has 0 radical (unpaired) electrons. The molecule has 0 aromatic heterocycles. The van der Waals surface area contributed by atoms with Gasteiger partial charge in [-0.2, -0.15) is 0 Å². The van der Waals surface area contributed by atoms with Gasteiger partial charge >= 0.3 is 5.97 Å². The normalized spacial score (nSPS) is 12.2. The lowest BCUT2D eigenvalue weighted by Gasteiger charge is -2.05. The maximum atomic E-state index is 11.0. The van der Waals surface area contributed by atoms with E-state index < -0.39 is 5.38 Å². The van der Waals surface area contributed by atoms with E-state index in [4.69, 9.17) is 27.9 Å². The van der Waals surface area contributed by atoms with Crippen LogP contribution < -0.4 is 0 Å². The van der Waals surface area contributed by atoms with Crippen LogP contribution in [0.5, 0.6) is 0 Å². The third-order valence-corrected chi connectivity index (χ3v) is 2.60. The average molecular weight is 255 g/mol. The molecule has 0 rings (SSSR count). The Hall–Kier alpha value is -0.280. The Morgan fingerprint density at radius 1 is 1.33 bits per heavy atom. The molecular formula is C10H16Cl2O3. The number of hydrogen-bond acceptors (Lipinski definition) is 3. The van der Waals surface area contributed by atoms with Crippen molar-refractivity contribution in [3.05, 3.63) is 0 Å². The first-order valence-corrected chi connectivity index (χ1v) is 5.97. The monoisotopic (exact) mass is 254 g/mol. The Balaban J connectivity index is 3.46. The predicted molar refractivity (Wildman–Crippen MR) is 60.5 cm³/mol. The van der Waals surface area contributed by atoms with E-state index in [0.29, 0.717) is 25.9 Å². The topological polar surface area (TPSA) is 43.4 Å². The molecule has 1 atom stereocenters. The summed E-state index contributed by atoms with van der Waals surface area (Å²) in [6.07, 6.45) is 2.37. The Morgan fingerprint density at radius 2 is 2.00 bits per heavy atom. The van der Waals surface area contributed by atoms with Gasteiger partial charge in [-0.1, -0.05) is 6.42 Å². The molecule has 5 heteroatoms. The second kappa shape index (κ2) is 8.98. The van der Waals surface area contributed by atoms with Gasteiger partial charge in [-0.05, 0) is 19.8 Å². The van der Waals surface area contributed by atoms with Gasteiger partial charge in [0.25, 0.3) is 0 Å².